The summed E-state index contributed by atoms with van der Waals surface area (Å²) in [7, 11) is 0. The predicted octanol–water partition coefficient (Wildman–Crippen LogP) is 10.2. The average Bonchev–Trinajstić information content (AvgIpc) is 3.19. The summed E-state index contributed by atoms with van der Waals surface area (Å²) < 4.78 is 0. The number of aliphatic imine (C=N–C) groups is 2. The molecule has 0 fully saturated rings. The highest BCUT2D eigenvalue weighted by molar-refractivity contribution is 6.02. The second-order valence-corrected chi connectivity index (χ2v) is 11.3. The van der Waals surface area contributed by atoms with Crippen molar-refractivity contribution in [3.63, 3.8) is 0 Å². The minimum atomic E-state index is 0.569. The fraction of sp³-hybridized carbons (Fsp3) is 0.0233. The van der Waals surface area contributed by atoms with Gasteiger partial charge in [0.05, 0.1) is 5.69 Å². The number of amidine groups is 1. The predicted molar refractivity (Wildman–Crippen MR) is 201 cm³/mol. The van der Waals surface area contributed by atoms with Crippen molar-refractivity contribution in [1.82, 2.24) is 19.9 Å². The van der Waals surface area contributed by atoms with E-state index in [2.05, 4.69) is 76.3 Å². The summed E-state index contributed by atoms with van der Waals surface area (Å²) >= 11 is 0. The first kappa shape index (κ1) is 31.0. The Labute approximate surface area is 286 Å². The maximum atomic E-state index is 5.03. The molecule has 5 aromatic carbocycles. The second kappa shape index (κ2) is 14.4. The van der Waals surface area contributed by atoms with Crippen LogP contribution in [0.2, 0.25) is 0 Å². The third-order valence-electron chi connectivity index (χ3n) is 8.04. The lowest BCUT2D eigenvalue weighted by atomic mass is 9.94. The van der Waals surface area contributed by atoms with E-state index in [1.165, 1.54) is 0 Å². The van der Waals surface area contributed by atoms with E-state index in [1.54, 1.807) is 6.20 Å². The van der Waals surface area contributed by atoms with Crippen molar-refractivity contribution in [3.8, 4) is 67.7 Å². The fourth-order valence-corrected chi connectivity index (χ4v) is 5.56. The normalized spacial score (nSPS) is 11.5. The summed E-state index contributed by atoms with van der Waals surface area (Å²) in [5, 5.41) is 0. The van der Waals surface area contributed by atoms with Gasteiger partial charge < -0.3 is 0 Å². The Kier molecular flexibility index (Phi) is 9.10. The number of nitrogens with zero attached hydrogens (tertiary/aromatic N) is 6. The number of benzene rings is 5. The van der Waals surface area contributed by atoms with Crippen LogP contribution < -0.4 is 0 Å². The fourth-order valence-electron chi connectivity index (χ4n) is 5.56. The highest BCUT2D eigenvalue weighted by Crippen LogP contribution is 2.34. The van der Waals surface area contributed by atoms with Gasteiger partial charge in [-0.3, -0.25) is 4.98 Å². The summed E-state index contributed by atoms with van der Waals surface area (Å²) in [5.41, 5.74) is 9.76. The highest BCUT2D eigenvalue weighted by atomic mass is 15.0. The van der Waals surface area contributed by atoms with Gasteiger partial charge >= 0.3 is 0 Å². The van der Waals surface area contributed by atoms with E-state index >= 15 is 0 Å². The van der Waals surface area contributed by atoms with Crippen LogP contribution in [0.3, 0.4) is 0 Å². The van der Waals surface area contributed by atoms with Crippen LogP contribution >= 0.6 is 0 Å². The monoisotopic (exact) mass is 632 g/mol. The first-order valence-corrected chi connectivity index (χ1v) is 16.0. The molecule has 2 aromatic heterocycles. The maximum absolute atomic E-state index is 5.03. The van der Waals surface area contributed by atoms with E-state index in [4.69, 9.17) is 15.0 Å². The summed E-state index contributed by atoms with van der Waals surface area (Å²) in [5.74, 6) is 2.39. The molecule has 0 unspecified atom stereocenters. The van der Waals surface area contributed by atoms with Crippen LogP contribution in [0.4, 0.5) is 0 Å². The van der Waals surface area contributed by atoms with Crippen molar-refractivity contribution in [2.75, 3.05) is 0 Å². The molecular weight excluding hydrogens is 601 g/mol. The zero-order chi connectivity index (χ0) is 33.4. The third-order valence-corrected chi connectivity index (χ3v) is 8.04. The number of aromatic nitrogens is 4. The molecular formula is C43H32N6. The van der Waals surface area contributed by atoms with Crippen LogP contribution in [0.25, 0.3) is 67.7 Å². The summed E-state index contributed by atoms with van der Waals surface area (Å²) in [6.07, 6.45) is 5.39. The Bertz CT molecular complexity index is 2200. The zero-order valence-corrected chi connectivity index (χ0v) is 27.0. The number of pyridine rings is 1. The standard InChI is InChI=1S/C43H32N6/c1-3-25-46-40(44-2)35-23-19-31(20-24-35)37-27-36(30-17-21-32(22-18-30)39-16-10-11-26-45-39)28-38(29-37)43-48-41(33-12-6-4-7-13-33)47-42(49-43)34-14-8-5-9-15-34/h3-29H,2H2,1H3/b25-3-,46-40?. The van der Waals surface area contributed by atoms with Gasteiger partial charge in [-0.05, 0) is 66.2 Å². The van der Waals surface area contributed by atoms with Crippen molar-refractivity contribution in [3.05, 3.63) is 170 Å². The molecule has 0 aliphatic carbocycles. The molecule has 234 valence electrons. The quantitative estimate of drug-likeness (QED) is 0.123. The lowest BCUT2D eigenvalue weighted by Gasteiger charge is -2.13. The van der Waals surface area contributed by atoms with Crippen LogP contribution in [0, 0.1) is 0 Å². The maximum Gasteiger partial charge on any atom is 0.164 e. The molecule has 0 spiro atoms. The van der Waals surface area contributed by atoms with Gasteiger partial charge in [0, 0.05) is 40.2 Å². The summed E-state index contributed by atoms with van der Waals surface area (Å²) in [6.45, 7) is 5.63. The van der Waals surface area contributed by atoms with E-state index in [9.17, 15) is 0 Å². The van der Waals surface area contributed by atoms with Gasteiger partial charge in [0.2, 0.25) is 0 Å². The van der Waals surface area contributed by atoms with Crippen molar-refractivity contribution >= 4 is 12.6 Å². The topological polar surface area (TPSA) is 76.3 Å². The molecule has 2 heterocycles. The molecule has 7 aromatic rings. The van der Waals surface area contributed by atoms with E-state index in [1.807, 2.05) is 110 Å². The van der Waals surface area contributed by atoms with Crippen LogP contribution in [-0.2, 0) is 0 Å². The van der Waals surface area contributed by atoms with Gasteiger partial charge in [0.15, 0.2) is 23.3 Å². The molecule has 6 nitrogen and oxygen atoms in total. The molecule has 0 saturated heterocycles. The Hall–Kier alpha value is -6.66. The molecule has 0 aliphatic heterocycles. The lowest BCUT2D eigenvalue weighted by Crippen LogP contribution is -2.00. The van der Waals surface area contributed by atoms with Gasteiger partial charge in [-0.1, -0.05) is 121 Å². The van der Waals surface area contributed by atoms with Crippen molar-refractivity contribution in [1.29, 1.82) is 0 Å². The van der Waals surface area contributed by atoms with Gasteiger partial charge in [-0.2, -0.15) is 0 Å². The first-order chi connectivity index (χ1) is 24.2. The molecule has 7 rings (SSSR count). The van der Waals surface area contributed by atoms with Crippen molar-refractivity contribution in [2.24, 2.45) is 9.98 Å². The first-order valence-electron chi connectivity index (χ1n) is 16.0. The largest absolute Gasteiger partial charge is 0.256 e. The number of hydrogen-bond acceptors (Lipinski definition) is 5. The number of rotatable bonds is 8. The summed E-state index contributed by atoms with van der Waals surface area (Å²) in [4.78, 5) is 28.0. The van der Waals surface area contributed by atoms with Gasteiger partial charge in [0.1, 0.15) is 0 Å². The Balaban J connectivity index is 1.38. The SMILES string of the molecule is C=NC(=N/C=C\C)c1ccc(-c2cc(-c3ccc(-c4ccccn4)cc3)cc(-c3nc(-c4ccccc4)nc(-c4ccccc4)n3)c2)cc1. The molecule has 0 bridgehead atoms. The zero-order valence-electron chi connectivity index (χ0n) is 27.0. The molecule has 0 aliphatic rings. The summed E-state index contributed by atoms with van der Waals surface area (Å²) in [6, 6.07) is 49.1. The second-order valence-electron chi connectivity index (χ2n) is 11.3. The van der Waals surface area contributed by atoms with Gasteiger partial charge in [-0.25, -0.2) is 24.9 Å². The molecule has 0 saturated carbocycles. The molecule has 0 atom stereocenters. The van der Waals surface area contributed by atoms with Crippen molar-refractivity contribution in [2.45, 2.75) is 6.92 Å². The van der Waals surface area contributed by atoms with E-state index in [-0.39, 0.29) is 0 Å². The van der Waals surface area contributed by atoms with Gasteiger partial charge in [-0.15, -0.1) is 0 Å². The Morgan fingerprint density at radius 3 is 1.51 bits per heavy atom. The van der Waals surface area contributed by atoms with Crippen LogP contribution in [0.5, 0.6) is 0 Å². The molecule has 0 radical (unpaired) electrons. The van der Waals surface area contributed by atoms with E-state index in [0.29, 0.717) is 23.3 Å². The number of hydrogen-bond donors (Lipinski definition) is 0. The molecule has 49 heavy (non-hydrogen) atoms. The lowest BCUT2D eigenvalue weighted by molar-refractivity contribution is 1.07. The smallest absolute Gasteiger partial charge is 0.164 e. The molecule has 6 heteroatoms. The average molecular weight is 633 g/mol. The Morgan fingerprint density at radius 1 is 0.510 bits per heavy atom. The highest BCUT2D eigenvalue weighted by Gasteiger charge is 2.15. The van der Waals surface area contributed by atoms with E-state index in [0.717, 1.165) is 55.8 Å². The van der Waals surface area contributed by atoms with Crippen LogP contribution in [-0.4, -0.2) is 32.5 Å². The minimum absolute atomic E-state index is 0.569. The molecule has 0 N–H and O–H groups in total. The minimum Gasteiger partial charge on any atom is -0.256 e. The Morgan fingerprint density at radius 2 is 1.00 bits per heavy atom. The van der Waals surface area contributed by atoms with E-state index < -0.39 is 0 Å². The van der Waals surface area contributed by atoms with Gasteiger partial charge in [0.25, 0.3) is 0 Å². The third kappa shape index (κ3) is 7.04. The van der Waals surface area contributed by atoms with Crippen LogP contribution in [0.15, 0.2) is 174 Å². The van der Waals surface area contributed by atoms with Crippen LogP contribution in [0.1, 0.15) is 12.5 Å². The number of allylic oxidation sites excluding steroid dienone is 1. The van der Waals surface area contributed by atoms with Crippen molar-refractivity contribution < 1.29 is 0 Å². The molecule has 0 amide bonds.